The van der Waals surface area contributed by atoms with E-state index in [9.17, 15) is 0 Å². The van der Waals surface area contributed by atoms with Crippen LogP contribution in [0.15, 0.2) is 40.5 Å². The summed E-state index contributed by atoms with van der Waals surface area (Å²) in [5.41, 5.74) is 1.75. The van der Waals surface area contributed by atoms with Crippen LogP contribution in [-0.2, 0) is 0 Å². The number of thioether (sulfide) groups is 1. The van der Waals surface area contributed by atoms with Gasteiger partial charge in [0.05, 0.1) is 0 Å². The Balaban J connectivity index is 0. The Morgan fingerprint density at radius 3 is 2.16 bits per heavy atom. The Morgan fingerprint density at radius 2 is 1.74 bits per heavy atom. The van der Waals surface area contributed by atoms with Crippen LogP contribution in [0, 0.1) is 0 Å². The van der Waals surface area contributed by atoms with Crippen molar-refractivity contribution < 1.29 is 4.42 Å². The Kier molecular flexibility index (Phi) is 13.9. The molecule has 0 amide bonds. The smallest absolute Gasteiger partial charge is 0.276 e. The molecule has 0 saturated carbocycles. The van der Waals surface area contributed by atoms with Gasteiger partial charge in [-0.15, -0.1) is 10.2 Å². The Bertz CT molecular complexity index is 395. The lowest BCUT2D eigenvalue weighted by Gasteiger charge is -1.93. The molecule has 0 N–H and O–H groups in total. The molecule has 0 radical (unpaired) electrons. The summed E-state index contributed by atoms with van der Waals surface area (Å²) in [6.45, 7) is 17.8. The highest BCUT2D eigenvalue weighted by atomic mass is 32.2. The minimum atomic E-state index is 0.458. The largest absolute Gasteiger partial charge is 0.411 e. The summed E-state index contributed by atoms with van der Waals surface area (Å²) in [5, 5.41) is 8.25. The number of hydrogen-bond donors (Lipinski definition) is 0. The maximum Gasteiger partial charge on any atom is 0.276 e. The summed E-state index contributed by atoms with van der Waals surface area (Å²) >= 11 is 1.41. The van der Waals surface area contributed by atoms with Gasteiger partial charge < -0.3 is 4.42 Å². The zero-order valence-electron chi connectivity index (χ0n) is 13.0. The molecular weight excluding hydrogens is 256 g/mol. The summed E-state index contributed by atoms with van der Waals surface area (Å²) < 4.78 is 5.32. The van der Waals surface area contributed by atoms with Crippen molar-refractivity contribution in [3.05, 3.63) is 36.8 Å². The first-order chi connectivity index (χ1) is 9.17. The van der Waals surface area contributed by atoms with Gasteiger partial charge >= 0.3 is 0 Å². The van der Waals surface area contributed by atoms with E-state index in [1.54, 1.807) is 0 Å². The molecule has 0 aliphatic rings. The Hall–Kier alpha value is -1.29. The van der Waals surface area contributed by atoms with Crippen molar-refractivity contribution in [3.63, 3.8) is 0 Å². The zero-order chi connectivity index (χ0) is 15.3. The third-order valence-corrected chi connectivity index (χ3v) is 2.34. The molecule has 0 saturated heterocycles. The molecule has 1 aromatic heterocycles. The summed E-state index contributed by atoms with van der Waals surface area (Å²) in [7, 11) is 0. The van der Waals surface area contributed by atoms with E-state index in [1.165, 1.54) is 11.8 Å². The van der Waals surface area contributed by atoms with E-state index in [2.05, 4.69) is 23.4 Å². The Labute approximate surface area is 121 Å². The summed E-state index contributed by atoms with van der Waals surface area (Å²) in [6, 6.07) is 0. The maximum absolute atomic E-state index is 5.32. The molecule has 108 valence electrons. The lowest BCUT2D eigenvalue weighted by molar-refractivity contribution is 0.444. The number of hydrogen-bond acceptors (Lipinski definition) is 4. The number of aromatic nitrogens is 2. The molecule has 0 bridgehead atoms. The molecule has 1 aromatic rings. The highest BCUT2D eigenvalue weighted by molar-refractivity contribution is 7.98. The molecule has 0 unspecified atom stereocenters. The van der Waals surface area contributed by atoms with Crippen molar-refractivity contribution >= 4 is 17.3 Å². The highest BCUT2D eigenvalue weighted by Gasteiger charge is 2.05. The first-order valence-electron chi connectivity index (χ1n) is 6.60. The van der Waals surface area contributed by atoms with Gasteiger partial charge in [-0.3, -0.25) is 0 Å². The molecule has 1 rings (SSSR count). The van der Waals surface area contributed by atoms with Crippen LogP contribution < -0.4 is 0 Å². The molecule has 0 aliphatic heterocycles. The van der Waals surface area contributed by atoms with Gasteiger partial charge in [0.25, 0.3) is 5.22 Å². The van der Waals surface area contributed by atoms with E-state index in [0.29, 0.717) is 16.7 Å². The molecular formula is C15H26N2OS. The van der Waals surface area contributed by atoms with Gasteiger partial charge in [-0.05, 0) is 18.8 Å². The fraction of sp³-hybridized carbons (Fsp3) is 0.467. The summed E-state index contributed by atoms with van der Waals surface area (Å²) in [5.74, 6) is 0.458. The molecule has 4 heteroatoms. The van der Waals surface area contributed by atoms with Crippen LogP contribution in [0.3, 0.4) is 0 Å². The van der Waals surface area contributed by atoms with E-state index in [-0.39, 0.29) is 0 Å². The SMILES string of the molecule is C=C(/C=C\C(=C)c1nnc(SC)o1)CC.CC.CC. The monoisotopic (exact) mass is 282 g/mol. The van der Waals surface area contributed by atoms with Gasteiger partial charge in [-0.1, -0.05) is 71.2 Å². The van der Waals surface area contributed by atoms with Crippen molar-refractivity contribution in [2.45, 2.75) is 46.3 Å². The van der Waals surface area contributed by atoms with Crippen LogP contribution in [0.5, 0.6) is 0 Å². The van der Waals surface area contributed by atoms with E-state index >= 15 is 0 Å². The maximum atomic E-state index is 5.32. The van der Waals surface area contributed by atoms with Crippen LogP contribution in [0.2, 0.25) is 0 Å². The lowest BCUT2D eigenvalue weighted by atomic mass is 10.2. The molecule has 19 heavy (non-hydrogen) atoms. The molecule has 1 heterocycles. The van der Waals surface area contributed by atoms with E-state index in [4.69, 9.17) is 4.42 Å². The minimum absolute atomic E-state index is 0.458. The molecule has 0 aliphatic carbocycles. The normalized spacial score (nSPS) is 9.16. The van der Waals surface area contributed by atoms with Crippen LogP contribution >= 0.6 is 11.8 Å². The average Bonchev–Trinajstić information content (AvgIpc) is 2.97. The molecule has 3 nitrogen and oxygen atoms in total. The molecule has 0 spiro atoms. The van der Waals surface area contributed by atoms with Gasteiger partial charge in [0.2, 0.25) is 5.89 Å². The second-order valence-electron chi connectivity index (χ2n) is 2.95. The molecule has 0 aromatic carbocycles. The van der Waals surface area contributed by atoms with Gasteiger partial charge in [-0.25, -0.2) is 0 Å². The van der Waals surface area contributed by atoms with Crippen LogP contribution in [0.25, 0.3) is 5.57 Å². The van der Waals surface area contributed by atoms with E-state index in [0.717, 1.165) is 12.0 Å². The van der Waals surface area contributed by atoms with Crippen molar-refractivity contribution in [1.82, 2.24) is 10.2 Å². The van der Waals surface area contributed by atoms with Gasteiger partial charge in [-0.2, -0.15) is 0 Å². The van der Waals surface area contributed by atoms with Crippen molar-refractivity contribution in [2.24, 2.45) is 0 Å². The number of nitrogens with zero attached hydrogens (tertiary/aromatic N) is 2. The van der Waals surface area contributed by atoms with Gasteiger partial charge in [0.1, 0.15) is 0 Å². The molecule has 0 atom stereocenters. The Morgan fingerprint density at radius 1 is 1.16 bits per heavy atom. The van der Waals surface area contributed by atoms with E-state index < -0.39 is 0 Å². The standard InChI is InChI=1S/C11H14N2OS.2C2H6/c1-5-8(2)6-7-9(3)10-12-13-11(14-10)15-4;2*1-2/h6-7H,2-3,5H2,1,4H3;2*1-2H3/b7-6-;;. The van der Waals surface area contributed by atoms with Crippen molar-refractivity contribution in [1.29, 1.82) is 0 Å². The highest BCUT2D eigenvalue weighted by Crippen LogP contribution is 2.18. The second-order valence-corrected chi connectivity index (χ2v) is 3.71. The first kappa shape index (κ1) is 20.0. The van der Waals surface area contributed by atoms with Crippen LogP contribution in [0.1, 0.15) is 46.9 Å². The lowest BCUT2D eigenvalue weighted by Crippen LogP contribution is -1.79. The zero-order valence-corrected chi connectivity index (χ0v) is 13.8. The number of allylic oxidation sites excluding steroid dienone is 4. The van der Waals surface area contributed by atoms with Gasteiger partial charge in [0.15, 0.2) is 0 Å². The quantitative estimate of drug-likeness (QED) is 0.537. The second kappa shape index (κ2) is 13.1. The fourth-order valence-electron chi connectivity index (χ4n) is 0.830. The van der Waals surface area contributed by atoms with Crippen LogP contribution in [-0.4, -0.2) is 16.5 Å². The third-order valence-electron chi connectivity index (χ3n) is 1.83. The summed E-state index contributed by atoms with van der Waals surface area (Å²) in [4.78, 5) is 0. The summed E-state index contributed by atoms with van der Waals surface area (Å²) in [6.07, 6.45) is 6.55. The van der Waals surface area contributed by atoms with Gasteiger partial charge in [0, 0.05) is 5.57 Å². The predicted octanol–water partition coefficient (Wildman–Crippen LogP) is 5.38. The fourth-order valence-corrected chi connectivity index (χ4v) is 1.11. The minimum Gasteiger partial charge on any atom is -0.411 e. The van der Waals surface area contributed by atoms with Crippen molar-refractivity contribution in [2.75, 3.05) is 6.26 Å². The van der Waals surface area contributed by atoms with E-state index in [1.807, 2.05) is 53.0 Å². The predicted molar refractivity (Wildman–Crippen MR) is 86.4 cm³/mol. The average molecular weight is 282 g/mol. The molecule has 0 fully saturated rings. The van der Waals surface area contributed by atoms with Crippen LogP contribution in [0.4, 0.5) is 0 Å². The topological polar surface area (TPSA) is 38.9 Å². The van der Waals surface area contributed by atoms with Crippen molar-refractivity contribution in [3.8, 4) is 0 Å². The number of rotatable bonds is 5. The third kappa shape index (κ3) is 8.43. The first-order valence-corrected chi connectivity index (χ1v) is 7.82.